The molecule has 3 aromatic carbocycles. The van der Waals surface area contributed by atoms with Crippen LogP contribution >= 0.6 is 23.4 Å². The van der Waals surface area contributed by atoms with Crippen molar-refractivity contribution in [2.75, 3.05) is 12.4 Å². The SMILES string of the molecule is O=c1cc(OCCSc2ccc(Cl)cc2)n(-c2ccccc2)n1-c1ccccc1. The van der Waals surface area contributed by atoms with E-state index in [-0.39, 0.29) is 5.56 Å². The molecular weight excluding hydrogens is 404 g/mol. The molecule has 0 radical (unpaired) electrons. The maximum atomic E-state index is 12.8. The topological polar surface area (TPSA) is 36.2 Å². The van der Waals surface area contributed by atoms with Gasteiger partial charge in [0, 0.05) is 15.7 Å². The molecule has 6 heteroatoms. The van der Waals surface area contributed by atoms with Crippen molar-refractivity contribution in [1.29, 1.82) is 0 Å². The Kier molecular flexibility index (Phi) is 6.08. The predicted octanol–water partition coefficient (Wildman–Crippen LogP) is 5.45. The van der Waals surface area contributed by atoms with Gasteiger partial charge in [-0.25, -0.2) is 9.36 Å². The van der Waals surface area contributed by atoms with Gasteiger partial charge in [-0.05, 0) is 48.5 Å². The number of ether oxygens (including phenoxy) is 1. The number of aromatic nitrogens is 2. The number of thioether (sulfide) groups is 1. The van der Waals surface area contributed by atoms with Gasteiger partial charge in [0.1, 0.15) is 0 Å². The fourth-order valence-corrected chi connectivity index (χ4v) is 3.85. The van der Waals surface area contributed by atoms with Gasteiger partial charge in [-0.1, -0.05) is 48.0 Å². The first-order valence-corrected chi connectivity index (χ1v) is 10.6. The first-order valence-electron chi connectivity index (χ1n) is 9.19. The lowest BCUT2D eigenvalue weighted by molar-refractivity contribution is 0.316. The Morgan fingerprint density at radius 1 is 0.793 bits per heavy atom. The highest BCUT2D eigenvalue weighted by molar-refractivity contribution is 7.99. The van der Waals surface area contributed by atoms with E-state index < -0.39 is 0 Å². The molecule has 4 nitrogen and oxygen atoms in total. The minimum absolute atomic E-state index is 0.139. The van der Waals surface area contributed by atoms with E-state index in [1.165, 1.54) is 6.07 Å². The third-order valence-electron chi connectivity index (χ3n) is 4.28. The van der Waals surface area contributed by atoms with Crippen LogP contribution in [0.5, 0.6) is 5.88 Å². The normalized spacial score (nSPS) is 10.8. The Bertz CT molecular complexity index is 1120. The first-order chi connectivity index (χ1) is 14.2. The van der Waals surface area contributed by atoms with Crippen LogP contribution in [0.1, 0.15) is 0 Å². The summed E-state index contributed by atoms with van der Waals surface area (Å²) in [6, 6.07) is 28.5. The van der Waals surface area contributed by atoms with Crippen LogP contribution in [0.2, 0.25) is 5.02 Å². The highest BCUT2D eigenvalue weighted by Gasteiger charge is 2.15. The average Bonchev–Trinajstić information content (AvgIpc) is 3.09. The van der Waals surface area contributed by atoms with Crippen molar-refractivity contribution >= 4 is 23.4 Å². The molecule has 1 aromatic heterocycles. The minimum Gasteiger partial charge on any atom is -0.477 e. The van der Waals surface area contributed by atoms with E-state index in [1.807, 2.05) is 89.6 Å². The van der Waals surface area contributed by atoms with Crippen molar-refractivity contribution < 1.29 is 4.74 Å². The summed E-state index contributed by atoms with van der Waals surface area (Å²) in [6.07, 6.45) is 0. The summed E-state index contributed by atoms with van der Waals surface area (Å²) < 4.78 is 9.45. The number of nitrogens with zero attached hydrogens (tertiary/aromatic N) is 2. The Morgan fingerprint density at radius 2 is 1.38 bits per heavy atom. The second-order valence-corrected chi connectivity index (χ2v) is 7.87. The van der Waals surface area contributed by atoms with E-state index in [1.54, 1.807) is 16.4 Å². The molecule has 0 fully saturated rings. The second kappa shape index (κ2) is 9.07. The molecule has 0 atom stereocenters. The fraction of sp³-hybridized carbons (Fsp3) is 0.0870. The first kappa shape index (κ1) is 19.4. The number of para-hydroxylation sites is 2. The summed E-state index contributed by atoms with van der Waals surface area (Å²) in [5.41, 5.74) is 1.51. The molecule has 0 unspecified atom stereocenters. The van der Waals surface area contributed by atoms with Crippen LogP contribution in [0.25, 0.3) is 11.4 Å². The maximum absolute atomic E-state index is 12.8. The second-order valence-electron chi connectivity index (χ2n) is 6.27. The summed E-state index contributed by atoms with van der Waals surface area (Å²) in [6.45, 7) is 0.471. The Labute approximate surface area is 178 Å². The number of halogens is 1. The molecule has 29 heavy (non-hydrogen) atoms. The molecule has 0 saturated carbocycles. The number of hydrogen-bond donors (Lipinski definition) is 0. The lowest BCUT2D eigenvalue weighted by Crippen LogP contribution is -2.20. The maximum Gasteiger partial charge on any atom is 0.275 e. The van der Waals surface area contributed by atoms with Crippen molar-refractivity contribution in [3.8, 4) is 17.3 Å². The van der Waals surface area contributed by atoms with Crippen LogP contribution in [0.3, 0.4) is 0 Å². The highest BCUT2D eigenvalue weighted by Crippen LogP contribution is 2.22. The standard InChI is InChI=1S/C23H19ClN2O2S/c24-18-11-13-21(14-12-18)29-16-15-28-23-17-22(27)25(19-7-3-1-4-8-19)26(23)20-9-5-2-6-10-20/h1-14,17H,15-16H2. The Morgan fingerprint density at radius 3 is 2.00 bits per heavy atom. The van der Waals surface area contributed by atoms with E-state index in [4.69, 9.17) is 16.3 Å². The van der Waals surface area contributed by atoms with Gasteiger partial charge in [-0.3, -0.25) is 4.79 Å². The van der Waals surface area contributed by atoms with Gasteiger partial charge < -0.3 is 4.74 Å². The monoisotopic (exact) mass is 422 g/mol. The van der Waals surface area contributed by atoms with Gasteiger partial charge in [0.2, 0.25) is 5.88 Å². The van der Waals surface area contributed by atoms with Crippen LogP contribution in [-0.2, 0) is 0 Å². The largest absolute Gasteiger partial charge is 0.477 e. The Balaban J connectivity index is 1.58. The van der Waals surface area contributed by atoms with E-state index >= 15 is 0 Å². The molecule has 0 aliphatic heterocycles. The molecule has 0 aliphatic carbocycles. The predicted molar refractivity (Wildman–Crippen MR) is 119 cm³/mol. The Hall–Kier alpha value is -2.89. The van der Waals surface area contributed by atoms with Gasteiger partial charge in [0.25, 0.3) is 5.56 Å². The molecule has 146 valence electrons. The van der Waals surface area contributed by atoms with Crippen molar-refractivity contribution in [3.05, 3.63) is 106 Å². The van der Waals surface area contributed by atoms with Crippen LogP contribution in [0, 0.1) is 0 Å². The fourth-order valence-electron chi connectivity index (χ4n) is 2.99. The molecule has 1 heterocycles. The van der Waals surface area contributed by atoms with Crippen LogP contribution in [0.4, 0.5) is 0 Å². The van der Waals surface area contributed by atoms with Crippen LogP contribution in [-0.4, -0.2) is 21.7 Å². The third kappa shape index (κ3) is 4.58. The number of benzene rings is 3. The molecule has 0 amide bonds. The molecule has 0 bridgehead atoms. The quantitative estimate of drug-likeness (QED) is 0.293. The smallest absolute Gasteiger partial charge is 0.275 e. The van der Waals surface area contributed by atoms with Crippen molar-refractivity contribution in [2.24, 2.45) is 0 Å². The van der Waals surface area contributed by atoms with Gasteiger partial charge in [-0.15, -0.1) is 11.8 Å². The van der Waals surface area contributed by atoms with Crippen LogP contribution in [0.15, 0.2) is 101 Å². The zero-order chi connectivity index (χ0) is 20.1. The number of hydrogen-bond acceptors (Lipinski definition) is 3. The summed E-state index contributed by atoms with van der Waals surface area (Å²) >= 11 is 7.61. The lowest BCUT2D eigenvalue weighted by Gasteiger charge is -2.15. The summed E-state index contributed by atoms with van der Waals surface area (Å²) in [5.74, 6) is 1.27. The van der Waals surface area contributed by atoms with Crippen LogP contribution < -0.4 is 10.3 Å². The lowest BCUT2D eigenvalue weighted by atomic mass is 10.3. The van der Waals surface area contributed by atoms with E-state index in [0.717, 1.165) is 27.0 Å². The number of rotatable bonds is 7. The van der Waals surface area contributed by atoms with Gasteiger partial charge >= 0.3 is 0 Å². The van der Waals surface area contributed by atoms with E-state index in [2.05, 4.69) is 0 Å². The van der Waals surface area contributed by atoms with E-state index in [9.17, 15) is 4.79 Å². The van der Waals surface area contributed by atoms with E-state index in [0.29, 0.717) is 12.5 Å². The zero-order valence-corrected chi connectivity index (χ0v) is 17.1. The summed E-state index contributed by atoms with van der Waals surface area (Å²) in [4.78, 5) is 13.9. The third-order valence-corrected chi connectivity index (χ3v) is 5.51. The van der Waals surface area contributed by atoms with Crippen molar-refractivity contribution in [3.63, 3.8) is 0 Å². The molecule has 4 aromatic rings. The molecule has 0 spiro atoms. The summed E-state index contributed by atoms with van der Waals surface area (Å²) in [7, 11) is 0. The molecular formula is C23H19ClN2O2S. The molecule has 0 aliphatic rings. The summed E-state index contributed by atoms with van der Waals surface area (Å²) in [5, 5.41) is 0.722. The van der Waals surface area contributed by atoms with Gasteiger partial charge in [0.05, 0.1) is 24.0 Å². The molecule has 4 rings (SSSR count). The highest BCUT2D eigenvalue weighted by atomic mass is 35.5. The minimum atomic E-state index is -0.139. The molecule has 0 N–H and O–H groups in total. The van der Waals surface area contributed by atoms with Crippen molar-refractivity contribution in [1.82, 2.24) is 9.36 Å². The van der Waals surface area contributed by atoms with Crippen molar-refractivity contribution in [2.45, 2.75) is 4.90 Å². The van der Waals surface area contributed by atoms with Gasteiger partial charge in [0.15, 0.2) is 0 Å². The van der Waals surface area contributed by atoms with Gasteiger partial charge in [-0.2, -0.15) is 0 Å². The average molecular weight is 423 g/mol. The molecule has 0 saturated heterocycles. The zero-order valence-electron chi connectivity index (χ0n) is 15.6.